The van der Waals surface area contributed by atoms with Gasteiger partial charge in [0.15, 0.2) is 0 Å². The lowest BCUT2D eigenvalue weighted by Crippen LogP contribution is -2.31. The average Bonchev–Trinajstić information content (AvgIpc) is 2.16. The maximum Gasteiger partial charge on any atom is 0.488 e. The van der Waals surface area contributed by atoms with E-state index in [2.05, 4.69) is 4.74 Å². The first-order valence-electron chi connectivity index (χ1n) is 4.22. The van der Waals surface area contributed by atoms with Gasteiger partial charge < -0.3 is 14.8 Å². The molecule has 4 nitrogen and oxygen atoms in total. The molecule has 0 aliphatic carbocycles. The average molecular weight is 212 g/mol. The van der Waals surface area contributed by atoms with Crippen LogP contribution in [0.25, 0.3) is 0 Å². The lowest BCUT2D eigenvalue weighted by molar-refractivity contribution is 0.0594. The Labute approximate surface area is 86.4 Å². The van der Waals surface area contributed by atoms with Crippen LogP contribution in [0, 0.1) is 12.7 Å². The SMILES string of the molecule is COC(=O)c1c(C)cc(B(O)O)cc1F. The fourth-order valence-corrected chi connectivity index (χ4v) is 1.28. The molecule has 0 aliphatic rings. The number of hydrogen-bond donors (Lipinski definition) is 2. The minimum Gasteiger partial charge on any atom is -0.465 e. The number of methoxy groups -OCH3 is 1. The number of halogens is 1. The molecule has 1 aromatic rings. The Morgan fingerprint density at radius 3 is 2.47 bits per heavy atom. The summed E-state index contributed by atoms with van der Waals surface area (Å²) in [6, 6.07) is 2.21. The van der Waals surface area contributed by atoms with Crippen LogP contribution in [0.1, 0.15) is 15.9 Å². The van der Waals surface area contributed by atoms with E-state index in [1.807, 2.05) is 0 Å². The minimum absolute atomic E-state index is 0.00217. The van der Waals surface area contributed by atoms with Crippen LogP contribution < -0.4 is 5.46 Å². The second kappa shape index (κ2) is 4.42. The highest BCUT2D eigenvalue weighted by atomic mass is 19.1. The number of aryl methyl sites for hydroxylation is 1. The summed E-state index contributed by atoms with van der Waals surface area (Å²) < 4.78 is 17.8. The van der Waals surface area contributed by atoms with E-state index < -0.39 is 18.9 Å². The number of ether oxygens (including phenoxy) is 1. The molecule has 1 aromatic carbocycles. The monoisotopic (exact) mass is 212 g/mol. The van der Waals surface area contributed by atoms with Crippen molar-refractivity contribution >= 4 is 18.6 Å². The molecule has 0 bridgehead atoms. The third-order valence-electron chi connectivity index (χ3n) is 2.00. The van der Waals surface area contributed by atoms with Crippen LogP contribution in [0.4, 0.5) is 4.39 Å². The largest absolute Gasteiger partial charge is 0.488 e. The summed E-state index contributed by atoms with van der Waals surface area (Å²) in [5.41, 5.74) is 0.101. The van der Waals surface area contributed by atoms with Crippen molar-refractivity contribution in [2.75, 3.05) is 7.11 Å². The van der Waals surface area contributed by atoms with E-state index >= 15 is 0 Å². The molecule has 0 saturated heterocycles. The third-order valence-corrected chi connectivity index (χ3v) is 2.00. The predicted octanol–water partition coefficient (Wildman–Crippen LogP) is -0.399. The molecule has 80 valence electrons. The zero-order valence-electron chi connectivity index (χ0n) is 8.32. The molecule has 1 rings (SSSR count). The van der Waals surface area contributed by atoms with Gasteiger partial charge in [-0.05, 0) is 24.0 Å². The Kier molecular flexibility index (Phi) is 3.44. The maximum absolute atomic E-state index is 13.4. The van der Waals surface area contributed by atoms with E-state index in [1.165, 1.54) is 13.0 Å². The number of hydrogen-bond acceptors (Lipinski definition) is 4. The van der Waals surface area contributed by atoms with Gasteiger partial charge in [0, 0.05) is 0 Å². The van der Waals surface area contributed by atoms with Gasteiger partial charge in [-0.1, -0.05) is 6.07 Å². The van der Waals surface area contributed by atoms with Crippen molar-refractivity contribution in [1.29, 1.82) is 0 Å². The molecule has 0 saturated carbocycles. The van der Waals surface area contributed by atoms with Crippen molar-refractivity contribution in [1.82, 2.24) is 0 Å². The van der Waals surface area contributed by atoms with Crippen LogP contribution >= 0.6 is 0 Å². The van der Waals surface area contributed by atoms with Gasteiger partial charge in [0.2, 0.25) is 0 Å². The molecule has 15 heavy (non-hydrogen) atoms. The first-order chi connectivity index (χ1) is 6.97. The summed E-state index contributed by atoms with van der Waals surface area (Å²) >= 11 is 0. The van der Waals surface area contributed by atoms with Crippen molar-refractivity contribution < 1.29 is 24.0 Å². The van der Waals surface area contributed by atoms with E-state index in [0.29, 0.717) is 5.56 Å². The van der Waals surface area contributed by atoms with Crippen molar-refractivity contribution in [2.45, 2.75) is 6.92 Å². The molecule has 0 radical (unpaired) electrons. The van der Waals surface area contributed by atoms with Gasteiger partial charge in [-0.15, -0.1) is 0 Å². The van der Waals surface area contributed by atoms with Gasteiger partial charge in [-0.2, -0.15) is 0 Å². The minimum atomic E-state index is -1.76. The molecular weight excluding hydrogens is 202 g/mol. The van der Waals surface area contributed by atoms with Gasteiger partial charge in [0.1, 0.15) is 5.82 Å². The summed E-state index contributed by atoms with van der Waals surface area (Å²) in [6.45, 7) is 1.49. The van der Waals surface area contributed by atoms with Crippen LogP contribution in [0.15, 0.2) is 12.1 Å². The molecule has 0 aromatic heterocycles. The zero-order valence-corrected chi connectivity index (χ0v) is 8.32. The van der Waals surface area contributed by atoms with Crippen molar-refractivity contribution in [3.63, 3.8) is 0 Å². The Hall–Kier alpha value is -1.40. The van der Waals surface area contributed by atoms with Crippen LogP contribution in [0.2, 0.25) is 0 Å². The summed E-state index contributed by atoms with van der Waals surface area (Å²) in [5, 5.41) is 17.7. The van der Waals surface area contributed by atoms with E-state index in [4.69, 9.17) is 10.0 Å². The fraction of sp³-hybridized carbons (Fsp3) is 0.222. The quantitative estimate of drug-likeness (QED) is 0.517. The summed E-state index contributed by atoms with van der Waals surface area (Å²) in [6.07, 6.45) is 0. The van der Waals surface area contributed by atoms with Gasteiger partial charge in [-0.25, -0.2) is 9.18 Å². The Morgan fingerprint density at radius 1 is 1.47 bits per heavy atom. The number of carbonyl (C=O) groups is 1. The van der Waals surface area contributed by atoms with Crippen molar-refractivity contribution in [2.24, 2.45) is 0 Å². The van der Waals surface area contributed by atoms with Crippen LogP contribution in [-0.4, -0.2) is 30.2 Å². The highest BCUT2D eigenvalue weighted by Gasteiger charge is 2.20. The van der Waals surface area contributed by atoms with Crippen molar-refractivity contribution in [3.05, 3.63) is 29.1 Å². The van der Waals surface area contributed by atoms with Gasteiger partial charge >= 0.3 is 13.1 Å². The molecule has 6 heteroatoms. The highest BCUT2D eigenvalue weighted by molar-refractivity contribution is 6.58. The summed E-state index contributed by atoms with van der Waals surface area (Å²) in [4.78, 5) is 11.1. The molecule has 0 unspecified atom stereocenters. The van der Waals surface area contributed by atoms with E-state index in [1.54, 1.807) is 0 Å². The molecule has 0 amide bonds. The van der Waals surface area contributed by atoms with Gasteiger partial charge in [0.25, 0.3) is 0 Å². The molecule has 0 fully saturated rings. The summed E-state index contributed by atoms with van der Waals surface area (Å²) in [5.74, 6) is -1.62. The Bertz CT molecular complexity index is 369. The van der Waals surface area contributed by atoms with Gasteiger partial charge in [0.05, 0.1) is 12.7 Å². The van der Waals surface area contributed by atoms with Gasteiger partial charge in [-0.3, -0.25) is 0 Å². The molecular formula is C9H10BFO4. The first kappa shape index (κ1) is 11.7. The lowest BCUT2D eigenvalue weighted by atomic mass is 9.79. The Balaban J connectivity index is 3.27. The van der Waals surface area contributed by atoms with Crippen LogP contribution in [0.5, 0.6) is 0 Å². The first-order valence-corrected chi connectivity index (χ1v) is 4.22. The normalized spacial score (nSPS) is 9.93. The molecule has 2 N–H and O–H groups in total. The predicted molar refractivity (Wildman–Crippen MR) is 52.3 cm³/mol. The van der Waals surface area contributed by atoms with E-state index in [0.717, 1.165) is 13.2 Å². The van der Waals surface area contributed by atoms with Crippen LogP contribution in [-0.2, 0) is 4.74 Å². The summed E-state index contributed by atoms with van der Waals surface area (Å²) in [7, 11) is -0.611. The molecule has 0 aliphatic heterocycles. The number of esters is 1. The van der Waals surface area contributed by atoms with E-state index in [9.17, 15) is 9.18 Å². The molecule has 0 heterocycles. The second-order valence-electron chi connectivity index (χ2n) is 3.06. The topological polar surface area (TPSA) is 66.8 Å². The van der Waals surface area contributed by atoms with Crippen LogP contribution in [0.3, 0.4) is 0 Å². The number of rotatable bonds is 2. The van der Waals surface area contributed by atoms with E-state index in [-0.39, 0.29) is 11.0 Å². The molecule has 0 atom stereocenters. The maximum atomic E-state index is 13.4. The third kappa shape index (κ3) is 2.34. The highest BCUT2D eigenvalue weighted by Crippen LogP contribution is 2.12. The fourth-order valence-electron chi connectivity index (χ4n) is 1.28. The Morgan fingerprint density at radius 2 is 2.07 bits per heavy atom. The number of benzene rings is 1. The smallest absolute Gasteiger partial charge is 0.465 e. The standard InChI is InChI=1S/C9H10BFO4/c1-5-3-6(10(13)14)4-7(11)8(5)9(12)15-2/h3-4,13-14H,1-2H3. The second-order valence-corrected chi connectivity index (χ2v) is 3.06. The number of carbonyl (C=O) groups excluding carboxylic acids is 1. The van der Waals surface area contributed by atoms with Crippen molar-refractivity contribution in [3.8, 4) is 0 Å². The zero-order chi connectivity index (χ0) is 11.6. The molecule has 0 spiro atoms. The lowest BCUT2D eigenvalue weighted by Gasteiger charge is -2.07.